The summed E-state index contributed by atoms with van der Waals surface area (Å²) in [5.74, 6) is -0.689. The number of carbonyl (C=O) groups is 1. The Morgan fingerprint density at radius 2 is 1.83 bits per heavy atom. The van der Waals surface area contributed by atoms with Gasteiger partial charge in [0.15, 0.2) is 5.11 Å². The topological polar surface area (TPSA) is 96.3 Å². The van der Waals surface area contributed by atoms with E-state index in [0.717, 1.165) is 0 Å². The maximum Gasteiger partial charge on any atom is 0.292 e. The first kappa shape index (κ1) is 20.7. The molecule has 1 aromatic carbocycles. The Bertz CT molecular complexity index is 637. The molecule has 0 aliphatic carbocycles. The third kappa shape index (κ3) is 6.27. The molecule has 0 unspecified atom stereocenters. The van der Waals surface area contributed by atoms with E-state index >= 15 is 0 Å². The van der Waals surface area contributed by atoms with E-state index in [2.05, 4.69) is 16.0 Å². The zero-order chi connectivity index (χ0) is 18.5. The number of amides is 1. The van der Waals surface area contributed by atoms with E-state index in [1.165, 1.54) is 18.2 Å². The van der Waals surface area contributed by atoms with Crippen LogP contribution in [0.2, 0.25) is 0 Å². The minimum Gasteiger partial charge on any atom is -0.339 e. The van der Waals surface area contributed by atoms with Crippen LogP contribution < -0.4 is 16.0 Å². The highest BCUT2D eigenvalue weighted by molar-refractivity contribution is 7.80. The van der Waals surface area contributed by atoms with Crippen molar-refractivity contribution in [2.24, 2.45) is 5.92 Å². The number of anilines is 1. The van der Waals surface area contributed by atoms with Gasteiger partial charge in [0.25, 0.3) is 5.69 Å². The lowest BCUT2D eigenvalue weighted by Crippen LogP contribution is -2.56. The van der Waals surface area contributed by atoms with E-state index in [9.17, 15) is 14.9 Å². The van der Waals surface area contributed by atoms with Crippen molar-refractivity contribution in [3.63, 3.8) is 0 Å². The van der Waals surface area contributed by atoms with Crippen molar-refractivity contribution >= 4 is 69.4 Å². The van der Waals surface area contributed by atoms with E-state index in [0.29, 0.717) is 0 Å². The SMILES string of the molecule is CC(C)C(=O)N[C@@H](NC(=S)Nc1ccccc1[N+](=O)[O-])C(Cl)(Cl)Cl. The second-order valence-electron chi connectivity index (χ2n) is 5.01. The maximum atomic E-state index is 11.8. The third-order valence-electron chi connectivity index (χ3n) is 2.76. The number of nitrogens with one attached hydrogen (secondary N) is 3. The van der Waals surface area contributed by atoms with Gasteiger partial charge in [0.05, 0.1) is 4.92 Å². The molecule has 0 radical (unpaired) electrons. The van der Waals surface area contributed by atoms with Crippen molar-refractivity contribution in [2.75, 3.05) is 5.32 Å². The number of halogens is 3. The molecular formula is C13H15Cl3N4O3S. The molecule has 1 rings (SSSR count). The number of nitrogens with zero attached hydrogens (tertiary/aromatic N) is 1. The Hall–Kier alpha value is -1.35. The van der Waals surface area contributed by atoms with Crippen LogP contribution in [-0.2, 0) is 4.79 Å². The van der Waals surface area contributed by atoms with Gasteiger partial charge in [-0.05, 0) is 18.3 Å². The molecule has 1 atom stereocenters. The lowest BCUT2D eigenvalue weighted by atomic mass is 10.2. The molecule has 1 amide bonds. The van der Waals surface area contributed by atoms with E-state index in [1.54, 1.807) is 19.9 Å². The number of hydrogen-bond donors (Lipinski definition) is 3. The first-order valence-corrected chi connectivity index (χ1v) is 8.24. The summed E-state index contributed by atoms with van der Waals surface area (Å²) in [6.45, 7) is 3.35. The van der Waals surface area contributed by atoms with E-state index in [-0.39, 0.29) is 28.3 Å². The Balaban J connectivity index is 2.86. The molecule has 0 bridgehead atoms. The van der Waals surface area contributed by atoms with Crippen molar-refractivity contribution in [2.45, 2.75) is 23.8 Å². The van der Waals surface area contributed by atoms with Crippen LogP contribution in [0, 0.1) is 16.0 Å². The summed E-state index contributed by atoms with van der Waals surface area (Å²) in [7, 11) is 0. The average molecular weight is 414 g/mol. The van der Waals surface area contributed by atoms with Gasteiger partial charge in [-0.25, -0.2) is 0 Å². The number of nitro groups is 1. The minimum atomic E-state index is -1.89. The highest BCUT2D eigenvalue weighted by Gasteiger charge is 2.35. The predicted octanol–water partition coefficient (Wildman–Crippen LogP) is 3.35. The molecular weight excluding hydrogens is 399 g/mol. The summed E-state index contributed by atoms with van der Waals surface area (Å²) < 4.78 is -1.89. The second kappa shape index (κ2) is 8.66. The van der Waals surface area contributed by atoms with Gasteiger partial charge in [-0.3, -0.25) is 14.9 Å². The fourth-order valence-electron chi connectivity index (χ4n) is 1.54. The Morgan fingerprint density at radius 1 is 1.25 bits per heavy atom. The lowest BCUT2D eigenvalue weighted by Gasteiger charge is -2.28. The van der Waals surface area contributed by atoms with Gasteiger partial charge in [-0.1, -0.05) is 60.8 Å². The van der Waals surface area contributed by atoms with Gasteiger partial charge in [-0.2, -0.15) is 0 Å². The summed E-state index contributed by atoms with van der Waals surface area (Å²) in [5.41, 5.74) is -0.00319. The van der Waals surface area contributed by atoms with Crippen LogP contribution in [0.3, 0.4) is 0 Å². The van der Waals surface area contributed by atoms with E-state index in [4.69, 9.17) is 47.0 Å². The largest absolute Gasteiger partial charge is 0.339 e. The van der Waals surface area contributed by atoms with Gasteiger partial charge < -0.3 is 16.0 Å². The Morgan fingerprint density at radius 3 is 2.33 bits per heavy atom. The summed E-state index contributed by atoms with van der Waals surface area (Å²) in [4.78, 5) is 22.2. The normalized spacial score (nSPS) is 12.4. The van der Waals surface area contributed by atoms with Crippen molar-refractivity contribution in [1.29, 1.82) is 0 Å². The monoisotopic (exact) mass is 412 g/mol. The summed E-state index contributed by atoms with van der Waals surface area (Å²) in [5, 5.41) is 18.7. The van der Waals surface area contributed by atoms with Gasteiger partial charge in [0, 0.05) is 12.0 Å². The smallest absolute Gasteiger partial charge is 0.292 e. The molecule has 3 N–H and O–H groups in total. The first-order valence-electron chi connectivity index (χ1n) is 6.70. The van der Waals surface area contributed by atoms with Gasteiger partial charge in [0.1, 0.15) is 11.9 Å². The number of hydrogen-bond acceptors (Lipinski definition) is 4. The molecule has 0 spiro atoms. The average Bonchev–Trinajstić information content (AvgIpc) is 2.45. The molecule has 7 nitrogen and oxygen atoms in total. The van der Waals surface area contributed by atoms with Crippen LogP contribution >= 0.6 is 47.0 Å². The molecule has 24 heavy (non-hydrogen) atoms. The lowest BCUT2D eigenvalue weighted by molar-refractivity contribution is -0.383. The summed E-state index contributed by atoms with van der Waals surface area (Å²) in [6.07, 6.45) is -1.12. The van der Waals surface area contributed by atoms with Crippen LogP contribution in [0.5, 0.6) is 0 Å². The van der Waals surface area contributed by atoms with Gasteiger partial charge in [-0.15, -0.1) is 0 Å². The number of carbonyl (C=O) groups excluding carboxylic acids is 1. The van der Waals surface area contributed by atoms with Crippen molar-refractivity contribution in [3.8, 4) is 0 Å². The third-order valence-corrected chi connectivity index (χ3v) is 3.64. The Labute approximate surface area is 159 Å². The molecule has 0 aliphatic heterocycles. The molecule has 132 valence electrons. The fraction of sp³-hybridized carbons (Fsp3) is 0.385. The molecule has 0 saturated heterocycles. The molecule has 0 heterocycles. The molecule has 0 aromatic heterocycles. The number of alkyl halides is 3. The highest BCUT2D eigenvalue weighted by Crippen LogP contribution is 2.29. The van der Waals surface area contributed by atoms with E-state index in [1.807, 2.05) is 0 Å². The minimum absolute atomic E-state index is 0.0512. The summed E-state index contributed by atoms with van der Waals surface area (Å²) >= 11 is 22.6. The maximum absolute atomic E-state index is 11.8. The van der Waals surface area contributed by atoms with Crippen LogP contribution in [-0.4, -0.2) is 25.9 Å². The fourth-order valence-corrected chi connectivity index (χ4v) is 2.09. The molecule has 0 aliphatic rings. The van der Waals surface area contributed by atoms with Crippen molar-refractivity contribution < 1.29 is 9.72 Å². The first-order chi connectivity index (χ1) is 11.0. The highest BCUT2D eigenvalue weighted by atomic mass is 35.6. The van der Waals surface area contributed by atoms with Crippen LogP contribution in [0.15, 0.2) is 24.3 Å². The molecule has 1 aromatic rings. The Kier molecular flexibility index (Phi) is 7.47. The second-order valence-corrected chi connectivity index (χ2v) is 7.79. The number of nitro benzene ring substituents is 1. The van der Waals surface area contributed by atoms with Crippen LogP contribution in [0.1, 0.15) is 13.8 Å². The standard InChI is InChI=1S/C13H15Cl3N4O3S/c1-7(2)10(21)18-11(13(14,15)16)19-12(24)17-8-5-3-4-6-9(8)20(22)23/h3-7,11H,1-2H3,(H,18,21)(H2,17,19,24)/t11-/m0/s1. The van der Waals surface area contributed by atoms with Crippen LogP contribution in [0.4, 0.5) is 11.4 Å². The van der Waals surface area contributed by atoms with Gasteiger partial charge in [0.2, 0.25) is 9.70 Å². The zero-order valence-electron chi connectivity index (χ0n) is 12.7. The van der Waals surface area contributed by atoms with E-state index < -0.39 is 14.9 Å². The number of para-hydroxylation sites is 2. The zero-order valence-corrected chi connectivity index (χ0v) is 15.8. The molecule has 0 fully saturated rings. The predicted molar refractivity (Wildman–Crippen MR) is 99.5 cm³/mol. The van der Waals surface area contributed by atoms with Crippen molar-refractivity contribution in [3.05, 3.63) is 34.4 Å². The molecule has 0 saturated carbocycles. The molecule has 11 heteroatoms. The van der Waals surface area contributed by atoms with Crippen LogP contribution in [0.25, 0.3) is 0 Å². The summed E-state index contributed by atoms with van der Waals surface area (Å²) in [6, 6.07) is 5.92. The quantitative estimate of drug-likeness (QED) is 0.225. The van der Waals surface area contributed by atoms with Gasteiger partial charge >= 0.3 is 0 Å². The number of rotatable bonds is 5. The number of benzene rings is 1. The van der Waals surface area contributed by atoms with Crippen molar-refractivity contribution in [1.82, 2.24) is 10.6 Å². The number of thiocarbonyl (C=S) groups is 1.